The molecule has 0 fully saturated rings. The van der Waals surface area contributed by atoms with Gasteiger partial charge in [0.1, 0.15) is 6.54 Å². The molecular formula is C23H25N3O5. The van der Waals surface area contributed by atoms with Crippen molar-refractivity contribution in [3.8, 4) is 0 Å². The highest BCUT2D eigenvalue weighted by Gasteiger charge is 2.23. The zero-order chi connectivity index (χ0) is 22.8. The van der Waals surface area contributed by atoms with Crippen molar-refractivity contribution < 1.29 is 19.1 Å². The largest absolute Gasteiger partial charge is 0.451 e. The number of carbonyl (C=O) groups is 3. The van der Waals surface area contributed by atoms with Crippen molar-refractivity contribution in [2.45, 2.75) is 45.9 Å². The Kier molecular flexibility index (Phi) is 6.10. The van der Waals surface area contributed by atoms with E-state index in [9.17, 15) is 19.2 Å². The van der Waals surface area contributed by atoms with E-state index in [1.807, 2.05) is 0 Å². The number of pyridine rings is 1. The van der Waals surface area contributed by atoms with Crippen LogP contribution in [0.1, 0.15) is 27.7 Å². The maximum Gasteiger partial charge on any atom is 0.326 e. The zero-order valence-corrected chi connectivity index (χ0v) is 17.9. The van der Waals surface area contributed by atoms with Crippen LogP contribution in [0.2, 0.25) is 0 Å². The highest BCUT2D eigenvalue weighted by molar-refractivity contribution is 5.98. The molecule has 8 nitrogen and oxygen atoms in total. The van der Waals surface area contributed by atoms with Crippen LogP contribution in [0.25, 0.3) is 21.8 Å². The van der Waals surface area contributed by atoms with Crippen LogP contribution in [-0.2, 0) is 20.9 Å². The van der Waals surface area contributed by atoms with Gasteiger partial charge in [-0.05, 0) is 52.0 Å². The van der Waals surface area contributed by atoms with Gasteiger partial charge in [-0.3, -0.25) is 19.7 Å². The van der Waals surface area contributed by atoms with Gasteiger partial charge in [-0.15, -0.1) is 0 Å². The van der Waals surface area contributed by atoms with E-state index in [2.05, 4.69) is 10.6 Å². The highest BCUT2D eigenvalue weighted by atomic mass is 16.5. The molecule has 0 aliphatic rings. The molecule has 0 saturated heterocycles. The Morgan fingerprint density at radius 1 is 0.968 bits per heavy atom. The quantitative estimate of drug-likeness (QED) is 0.496. The van der Waals surface area contributed by atoms with E-state index >= 15 is 0 Å². The number of amides is 3. The van der Waals surface area contributed by atoms with Crippen LogP contribution in [0.3, 0.4) is 0 Å². The lowest BCUT2D eigenvalue weighted by atomic mass is 10.1. The second-order valence-corrected chi connectivity index (χ2v) is 8.28. The summed E-state index contributed by atoms with van der Waals surface area (Å²) in [5.41, 5.74) is 0.541. The third-order valence-electron chi connectivity index (χ3n) is 4.57. The van der Waals surface area contributed by atoms with Gasteiger partial charge < -0.3 is 14.6 Å². The Morgan fingerprint density at radius 3 is 2.00 bits per heavy atom. The molecule has 0 aliphatic heterocycles. The molecule has 2 N–H and O–H groups in total. The molecule has 0 aliphatic carbocycles. The molecule has 3 rings (SSSR count). The summed E-state index contributed by atoms with van der Waals surface area (Å²) in [6, 6.07) is 13.3. The molecule has 3 amide bonds. The van der Waals surface area contributed by atoms with E-state index in [1.165, 1.54) is 6.92 Å². The van der Waals surface area contributed by atoms with Crippen LogP contribution < -0.4 is 16.1 Å². The summed E-state index contributed by atoms with van der Waals surface area (Å²) in [5, 5.41) is 5.73. The van der Waals surface area contributed by atoms with Crippen molar-refractivity contribution in [3.63, 3.8) is 0 Å². The number of nitrogens with zero attached hydrogens (tertiary/aromatic N) is 1. The van der Waals surface area contributed by atoms with Crippen LogP contribution in [0.5, 0.6) is 0 Å². The van der Waals surface area contributed by atoms with E-state index in [0.29, 0.717) is 21.8 Å². The first-order valence-corrected chi connectivity index (χ1v) is 9.89. The Morgan fingerprint density at radius 2 is 1.48 bits per heavy atom. The number of benzene rings is 2. The fourth-order valence-electron chi connectivity index (χ4n) is 3.25. The van der Waals surface area contributed by atoms with E-state index in [1.54, 1.807) is 73.9 Å². The minimum atomic E-state index is -1.17. The number of esters is 1. The average molecular weight is 423 g/mol. The molecule has 3 aromatic rings. The van der Waals surface area contributed by atoms with Gasteiger partial charge in [-0.25, -0.2) is 4.79 Å². The maximum atomic E-state index is 12.8. The number of hydrogen-bond donors (Lipinski definition) is 2. The maximum absolute atomic E-state index is 12.8. The predicted octanol–water partition coefficient (Wildman–Crippen LogP) is 2.71. The van der Waals surface area contributed by atoms with Crippen molar-refractivity contribution in [1.29, 1.82) is 0 Å². The minimum Gasteiger partial charge on any atom is -0.451 e. The number of para-hydroxylation sites is 2. The van der Waals surface area contributed by atoms with E-state index in [0.717, 1.165) is 0 Å². The van der Waals surface area contributed by atoms with E-state index in [4.69, 9.17) is 4.74 Å². The molecule has 0 saturated carbocycles. The lowest BCUT2D eigenvalue weighted by Gasteiger charge is -2.21. The number of rotatable bonds is 4. The molecule has 162 valence electrons. The molecule has 0 bridgehead atoms. The number of nitrogens with one attached hydrogen (secondary N) is 2. The Balaban J connectivity index is 1.80. The monoisotopic (exact) mass is 423 g/mol. The number of urea groups is 1. The number of hydrogen-bond acceptors (Lipinski definition) is 5. The first-order valence-electron chi connectivity index (χ1n) is 9.89. The zero-order valence-electron chi connectivity index (χ0n) is 17.9. The van der Waals surface area contributed by atoms with Crippen molar-refractivity contribution in [1.82, 2.24) is 15.2 Å². The van der Waals surface area contributed by atoms with Crippen molar-refractivity contribution in [2.75, 3.05) is 0 Å². The first kappa shape index (κ1) is 22.0. The minimum absolute atomic E-state index is 0.117. The molecule has 0 spiro atoms. The summed E-state index contributed by atoms with van der Waals surface area (Å²) in [4.78, 5) is 49.4. The molecule has 8 heteroatoms. The fourth-order valence-corrected chi connectivity index (χ4v) is 3.25. The smallest absolute Gasteiger partial charge is 0.326 e. The molecule has 1 aromatic heterocycles. The third-order valence-corrected chi connectivity index (χ3v) is 4.57. The van der Waals surface area contributed by atoms with E-state index < -0.39 is 29.6 Å². The van der Waals surface area contributed by atoms with Gasteiger partial charge in [0.15, 0.2) is 11.5 Å². The van der Waals surface area contributed by atoms with Crippen LogP contribution >= 0.6 is 0 Å². The van der Waals surface area contributed by atoms with Gasteiger partial charge in [0.05, 0.1) is 11.0 Å². The second kappa shape index (κ2) is 8.59. The number of ether oxygens (including phenoxy) is 1. The summed E-state index contributed by atoms with van der Waals surface area (Å²) in [7, 11) is 0. The second-order valence-electron chi connectivity index (χ2n) is 8.28. The first-order chi connectivity index (χ1) is 14.6. The molecule has 31 heavy (non-hydrogen) atoms. The predicted molar refractivity (Wildman–Crippen MR) is 118 cm³/mol. The lowest BCUT2D eigenvalue weighted by molar-refractivity contribution is -0.154. The Labute approximate surface area is 179 Å². The van der Waals surface area contributed by atoms with Gasteiger partial charge in [0.2, 0.25) is 0 Å². The number of imide groups is 1. The van der Waals surface area contributed by atoms with Gasteiger partial charge in [0.25, 0.3) is 5.91 Å². The number of carbonyl (C=O) groups excluding carboxylic acids is 3. The highest BCUT2D eigenvalue weighted by Crippen LogP contribution is 2.19. The van der Waals surface area contributed by atoms with Crippen molar-refractivity contribution >= 4 is 39.7 Å². The van der Waals surface area contributed by atoms with Crippen LogP contribution in [0, 0.1) is 0 Å². The Hall–Kier alpha value is -3.68. The lowest BCUT2D eigenvalue weighted by Crippen LogP contribution is -2.50. The van der Waals surface area contributed by atoms with Gasteiger partial charge >= 0.3 is 12.0 Å². The summed E-state index contributed by atoms with van der Waals surface area (Å²) in [5.74, 6) is -1.40. The summed E-state index contributed by atoms with van der Waals surface area (Å²) in [6.07, 6.45) is -1.17. The molecule has 1 atom stereocenters. The van der Waals surface area contributed by atoms with Gasteiger partial charge in [-0.2, -0.15) is 0 Å². The van der Waals surface area contributed by atoms with E-state index in [-0.39, 0.29) is 12.0 Å². The topological polar surface area (TPSA) is 106 Å². The summed E-state index contributed by atoms with van der Waals surface area (Å²) in [6.45, 7) is 6.52. The van der Waals surface area contributed by atoms with Crippen LogP contribution in [-0.4, -0.2) is 34.1 Å². The van der Waals surface area contributed by atoms with Gasteiger partial charge in [-0.1, -0.05) is 24.3 Å². The normalized spacial score (nSPS) is 12.4. The Bertz CT molecular complexity index is 1160. The standard InChI is InChI=1S/C23H25N3O5/c1-14(21(29)24-22(30)25-23(2,3)4)31-19(27)13-26-17-11-7-5-9-15(17)20(28)16-10-6-8-12-18(16)26/h5-12,14H,13H2,1-4H3,(H2,24,25,29,30). The molecule has 1 unspecified atom stereocenters. The number of aromatic nitrogens is 1. The number of fused-ring (bicyclic) bond motifs is 2. The SMILES string of the molecule is CC(OC(=O)Cn1c2ccccc2c(=O)c2ccccc21)C(=O)NC(=O)NC(C)(C)C. The van der Waals surface area contributed by atoms with Crippen molar-refractivity contribution in [2.24, 2.45) is 0 Å². The molecule has 0 radical (unpaired) electrons. The van der Waals surface area contributed by atoms with Crippen LogP contribution in [0.15, 0.2) is 53.3 Å². The molecular weight excluding hydrogens is 398 g/mol. The summed E-state index contributed by atoms with van der Waals surface area (Å²) < 4.78 is 6.93. The fraction of sp³-hybridized carbons (Fsp3) is 0.304. The third kappa shape index (κ3) is 5.09. The molecule has 2 aromatic carbocycles. The summed E-state index contributed by atoms with van der Waals surface area (Å²) >= 11 is 0. The van der Waals surface area contributed by atoms with Crippen molar-refractivity contribution in [3.05, 3.63) is 58.8 Å². The van der Waals surface area contributed by atoms with Crippen LogP contribution in [0.4, 0.5) is 4.79 Å². The molecule has 1 heterocycles. The van der Waals surface area contributed by atoms with Gasteiger partial charge in [0, 0.05) is 16.3 Å². The average Bonchev–Trinajstić information content (AvgIpc) is 2.69.